The zero-order chi connectivity index (χ0) is 12.8. The van der Waals surface area contributed by atoms with E-state index >= 15 is 0 Å². The average molecular weight is 246 g/mol. The lowest BCUT2D eigenvalue weighted by atomic mass is 10.2. The van der Waals surface area contributed by atoms with Crippen molar-refractivity contribution in [3.8, 4) is 0 Å². The van der Waals surface area contributed by atoms with Crippen LogP contribution in [0.15, 0.2) is 29.1 Å². The number of hydrogen-bond acceptors (Lipinski definition) is 4. The van der Waals surface area contributed by atoms with Gasteiger partial charge in [0, 0.05) is 19.4 Å². The summed E-state index contributed by atoms with van der Waals surface area (Å²) in [4.78, 5) is 16.8. The summed E-state index contributed by atoms with van der Waals surface area (Å²) in [5, 5.41) is 10.9. The molecular weight excluding hydrogens is 232 g/mol. The Morgan fingerprint density at radius 3 is 3.06 bits per heavy atom. The van der Waals surface area contributed by atoms with Crippen molar-refractivity contribution in [1.29, 1.82) is 0 Å². The van der Waals surface area contributed by atoms with Crippen LogP contribution < -0.4 is 5.56 Å². The third-order valence-corrected chi connectivity index (χ3v) is 3.24. The molecule has 1 aliphatic rings. The molecule has 0 aliphatic carbocycles. The Morgan fingerprint density at radius 1 is 1.50 bits per heavy atom. The van der Waals surface area contributed by atoms with Crippen molar-refractivity contribution in [2.45, 2.75) is 25.7 Å². The molecule has 0 fully saturated rings. The number of aryl methyl sites for hydroxylation is 1. The van der Waals surface area contributed by atoms with Crippen LogP contribution in [-0.2, 0) is 17.1 Å². The van der Waals surface area contributed by atoms with Crippen LogP contribution in [0.3, 0.4) is 0 Å². The van der Waals surface area contributed by atoms with Crippen molar-refractivity contribution in [1.82, 2.24) is 9.55 Å². The van der Waals surface area contributed by atoms with Gasteiger partial charge in [0.05, 0.1) is 10.9 Å². The van der Waals surface area contributed by atoms with E-state index in [0.717, 1.165) is 0 Å². The van der Waals surface area contributed by atoms with Crippen LogP contribution in [-0.4, -0.2) is 21.3 Å². The smallest absolute Gasteiger partial charge is 0.265 e. The first-order chi connectivity index (χ1) is 8.65. The molecule has 0 radical (unpaired) electrons. The number of ether oxygens (including phenoxy) is 1. The van der Waals surface area contributed by atoms with Gasteiger partial charge in [-0.05, 0) is 19.1 Å². The lowest BCUT2D eigenvalue weighted by Crippen LogP contribution is -2.41. The molecule has 0 saturated carbocycles. The van der Waals surface area contributed by atoms with Gasteiger partial charge < -0.3 is 9.84 Å². The second-order valence-electron chi connectivity index (χ2n) is 4.36. The fourth-order valence-corrected chi connectivity index (χ4v) is 2.46. The Bertz CT molecular complexity index is 665. The highest BCUT2D eigenvalue weighted by atomic mass is 16.6. The standard InChI is InChI=1S/C13H14N2O3/c1-2-18-13(17)8-7-11-14-10-6-4-3-5-9(10)12(16)15(11)13/h3-6,17H,2,7-8H2,1H3. The Labute approximate surface area is 104 Å². The predicted octanol–water partition coefficient (Wildman–Crippen LogP) is 0.982. The summed E-state index contributed by atoms with van der Waals surface area (Å²) < 4.78 is 6.60. The van der Waals surface area contributed by atoms with E-state index in [1.54, 1.807) is 25.1 Å². The van der Waals surface area contributed by atoms with Crippen LogP contribution in [0.25, 0.3) is 10.9 Å². The first-order valence-electron chi connectivity index (χ1n) is 6.03. The zero-order valence-electron chi connectivity index (χ0n) is 10.1. The molecule has 0 spiro atoms. The molecule has 5 heteroatoms. The quantitative estimate of drug-likeness (QED) is 0.802. The highest BCUT2D eigenvalue weighted by Gasteiger charge is 2.39. The van der Waals surface area contributed by atoms with Crippen molar-refractivity contribution >= 4 is 10.9 Å². The normalized spacial score (nSPS) is 22.3. The van der Waals surface area contributed by atoms with E-state index in [2.05, 4.69) is 4.98 Å². The maximum Gasteiger partial charge on any atom is 0.265 e. The third kappa shape index (κ3) is 1.48. The zero-order valence-corrected chi connectivity index (χ0v) is 10.1. The van der Waals surface area contributed by atoms with E-state index < -0.39 is 5.91 Å². The van der Waals surface area contributed by atoms with Crippen molar-refractivity contribution in [3.63, 3.8) is 0 Å². The number of hydrogen-bond donors (Lipinski definition) is 1. The molecule has 1 aliphatic heterocycles. The van der Waals surface area contributed by atoms with Crippen LogP contribution in [0.1, 0.15) is 19.2 Å². The number of nitrogens with zero attached hydrogens (tertiary/aromatic N) is 2. The number of fused-ring (bicyclic) bond motifs is 2. The minimum Gasteiger partial charge on any atom is -0.348 e. The minimum atomic E-state index is -1.54. The molecule has 0 bridgehead atoms. The lowest BCUT2D eigenvalue weighted by Gasteiger charge is -2.24. The summed E-state index contributed by atoms with van der Waals surface area (Å²) in [5.41, 5.74) is 0.415. The molecule has 0 saturated heterocycles. The van der Waals surface area contributed by atoms with Gasteiger partial charge in [-0.3, -0.25) is 4.79 Å². The van der Waals surface area contributed by atoms with E-state index in [1.165, 1.54) is 4.57 Å². The molecule has 0 amide bonds. The summed E-state index contributed by atoms with van der Waals surface area (Å²) in [6, 6.07) is 7.14. The summed E-state index contributed by atoms with van der Waals surface area (Å²) >= 11 is 0. The van der Waals surface area contributed by atoms with Crippen LogP contribution >= 0.6 is 0 Å². The van der Waals surface area contributed by atoms with Crippen LogP contribution in [0.2, 0.25) is 0 Å². The van der Waals surface area contributed by atoms with E-state index in [-0.39, 0.29) is 5.56 Å². The number of para-hydroxylation sites is 1. The molecule has 2 aromatic rings. The van der Waals surface area contributed by atoms with Gasteiger partial charge in [-0.15, -0.1) is 0 Å². The lowest BCUT2D eigenvalue weighted by molar-refractivity contribution is -0.258. The van der Waals surface area contributed by atoms with Gasteiger partial charge in [0.15, 0.2) is 0 Å². The third-order valence-electron chi connectivity index (χ3n) is 3.24. The van der Waals surface area contributed by atoms with Crippen molar-refractivity contribution in [2.75, 3.05) is 6.61 Å². The number of benzene rings is 1. The summed E-state index contributed by atoms with van der Waals surface area (Å²) in [6.45, 7) is 2.13. The van der Waals surface area contributed by atoms with Gasteiger partial charge in [-0.2, -0.15) is 0 Å². The fourth-order valence-electron chi connectivity index (χ4n) is 2.46. The summed E-state index contributed by atoms with van der Waals surface area (Å²) in [6.07, 6.45) is 0.899. The highest BCUT2D eigenvalue weighted by molar-refractivity contribution is 5.77. The van der Waals surface area contributed by atoms with Crippen molar-refractivity contribution in [2.24, 2.45) is 0 Å². The maximum absolute atomic E-state index is 12.4. The Balaban J connectivity index is 2.31. The minimum absolute atomic E-state index is 0.246. The molecule has 5 nitrogen and oxygen atoms in total. The van der Waals surface area contributed by atoms with E-state index in [4.69, 9.17) is 4.74 Å². The molecule has 2 heterocycles. The van der Waals surface area contributed by atoms with Crippen LogP contribution in [0, 0.1) is 0 Å². The largest absolute Gasteiger partial charge is 0.348 e. The summed E-state index contributed by atoms with van der Waals surface area (Å²) in [7, 11) is 0. The SMILES string of the molecule is CCOC1(O)CCc2nc3ccccc3c(=O)n21. The van der Waals surface area contributed by atoms with E-state index in [1.807, 2.05) is 6.07 Å². The van der Waals surface area contributed by atoms with Gasteiger partial charge in [-0.25, -0.2) is 9.55 Å². The number of aliphatic hydroxyl groups is 1. The van der Waals surface area contributed by atoms with Crippen LogP contribution in [0.4, 0.5) is 0 Å². The Kier molecular flexibility index (Phi) is 2.46. The average Bonchev–Trinajstić information content (AvgIpc) is 2.68. The predicted molar refractivity (Wildman–Crippen MR) is 66.1 cm³/mol. The van der Waals surface area contributed by atoms with Gasteiger partial charge >= 0.3 is 0 Å². The van der Waals surface area contributed by atoms with Crippen LogP contribution in [0.5, 0.6) is 0 Å². The van der Waals surface area contributed by atoms with Crippen molar-refractivity contribution < 1.29 is 9.84 Å². The molecule has 1 aromatic heterocycles. The second kappa shape index (κ2) is 3.90. The number of rotatable bonds is 2. The molecule has 1 N–H and O–H groups in total. The van der Waals surface area contributed by atoms with E-state index in [9.17, 15) is 9.90 Å². The Hall–Kier alpha value is -1.72. The Morgan fingerprint density at radius 2 is 2.28 bits per heavy atom. The fraction of sp³-hybridized carbons (Fsp3) is 0.385. The first-order valence-corrected chi connectivity index (χ1v) is 6.03. The molecular formula is C13H14N2O3. The molecule has 1 aromatic carbocycles. The molecule has 94 valence electrons. The second-order valence-corrected chi connectivity index (χ2v) is 4.36. The van der Waals surface area contributed by atoms with E-state index in [0.29, 0.717) is 36.2 Å². The molecule has 3 rings (SSSR count). The topological polar surface area (TPSA) is 64.3 Å². The van der Waals surface area contributed by atoms with Gasteiger partial charge in [0.2, 0.25) is 0 Å². The highest BCUT2D eigenvalue weighted by Crippen LogP contribution is 2.28. The number of aromatic nitrogens is 2. The maximum atomic E-state index is 12.4. The monoisotopic (exact) mass is 246 g/mol. The molecule has 1 unspecified atom stereocenters. The molecule has 18 heavy (non-hydrogen) atoms. The van der Waals surface area contributed by atoms with Gasteiger partial charge in [0.1, 0.15) is 5.82 Å². The molecule has 1 atom stereocenters. The first kappa shape index (κ1) is 11.4. The van der Waals surface area contributed by atoms with Gasteiger partial charge in [0.25, 0.3) is 11.5 Å². The van der Waals surface area contributed by atoms with Crippen molar-refractivity contribution in [3.05, 3.63) is 40.4 Å². The van der Waals surface area contributed by atoms with Gasteiger partial charge in [-0.1, -0.05) is 12.1 Å². The summed E-state index contributed by atoms with van der Waals surface area (Å²) in [5.74, 6) is -0.965.